The van der Waals surface area contributed by atoms with Crippen molar-refractivity contribution in [1.29, 1.82) is 0 Å². The van der Waals surface area contributed by atoms with Gasteiger partial charge in [-0.2, -0.15) is 21.6 Å². The van der Waals surface area contributed by atoms with Crippen LogP contribution >= 0.6 is 0 Å². The highest BCUT2D eigenvalue weighted by molar-refractivity contribution is 7.88. The fourth-order valence-corrected chi connectivity index (χ4v) is 3.93. The third-order valence-electron chi connectivity index (χ3n) is 5.10. The van der Waals surface area contributed by atoms with Crippen LogP contribution in [0.25, 0.3) is 10.8 Å². The molecule has 0 saturated heterocycles. The van der Waals surface area contributed by atoms with Crippen LogP contribution in [0.5, 0.6) is 17.2 Å². The third kappa shape index (κ3) is 5.43. The van der Waals surface area contributed by atoms with Gasteiger partial charge in [-0.1, -0.05) is 24.3 Å². The standard InChI is InChI=1S/C23H21F3O8S/c1-13-11-17-16(5-4-6-18(17)32-3)20(34-35(29,30)23(24,25)26)19(13)21(22(27)28)33-12-14-7-9-15(31-2)10-8-14/h4-11,21H,12H2,1-3H3,(H,27,28). The molecule has 1 atom stereocenters. The number of ether oxygens (including phenoxy) is 3. The zero-order valence-electron chi connectivity index (χ0n) is 18.8. The summed E-state index contributed by atoms with van der Waals surface area (Å²) in [6, 6.07) is 12.1. The van der Waals surface area contributed by atoms with E-state index in [9.17, 15) is 31.5 Å². The molecule has 0 radical (unpaired) electrons. The monoisotopic (exact) mass is 514 g/mol. The van der Waals surface area contributed by atoms with E-state index in [1.807, 2.05) is 0 Å². The minimum Gasteiger partial charge on any atom is -0.497 e. The third-order valence-corrected chi connectivity index (χ3v) is 6.05. The number of rotatable bonds is 9. The highest BCUT2D eigenvalue weighted by atomic mass is 32.2. The van der Waals surface area contributed by atoms with E-state index in [1.54, 1.807) is 24.3 Å². The van der Waals surface area contributed by atoms with Gasteiger partial charge in [0, 0.05) is 16.3 Å². The fourth-order valence-electron chi connectivity index (χ4n) is 3.44. The lowest BCUT2D eigenvalue weighted by Gasteiger charge is -2.22. The fraction of sp³-hybridized carbons (Fsp3) is 0.261. The number of carboxylic acid groups (broad SMARTS) is 1. The van der Waals surface area contributed by atoms with Crippen molar-refractivity contribution in [2.24, 2.45) is 0 Å². The number of hydrogen-bond acceptors (Lipinski definition) is 7. The summed E-state index contributed by atoms with van der Waals surface area (Å²) in [6.07, 6.45) is -1.86. The van der Waals surface area contributed by atoms with Crippen LogP contribution in [0.4, 0.5) is 13.2 Å². The van der Waals surface area contributed by atoms with Gasteiger partial charge in [-0.05, 0) is 42.3 Å². The first-order chi connectivity index (χ1) is 16.4. The van der Waals surface area contributed by atoms with Crippen LogP contribution in [0.15, 0.2) is 48.5 Å². The lowest BCUT2D eigenvalue weighted by molar-refractivity contribution is -0.151. The van der Waals surface area contributed by atoms with Crippen molar-refractivity contribution >= 4 is 26.9 Å². The Kier molecular flexibility index (Phi) is 7.46. The average molecular weight is 514 g/mol. The van der Waals surface area contributed by atoms with Crippen molar-refractivity contribution in [3.63, 3.8) is 0 Å². The smallest absolute Gasteiger partial charge is 0.497 e. The molecular weight excluding hydrogens is 493 g/mol. The molecule has 0 bridgehead atoms. The van der Waals surface area contributed by atoms with Gasteiger partial charge in [0.25, 0.3) is 0 Å². The van der Waals surface area contributed by atoms with Crippen molar-refractivity contribution in [3.8, 4) is 17.2 Å². The van der Waals surface area contributed by atoms with Crippen LogP contribution < -0.4 is 13.7 Å². The van der Waals surface area contributed by atoms with Crippen LogP contribution in [0, 0.1) is 6.92 Å². The molecule has 188 valence electrons. The molecule has 0 aromatic heterocycles. The second kappa shape index (κ2) is 10.0. The predicted molar refractivity (Wildman–Crippen MR) is 119 cm³/mol. The van der Waals surface area contributed by atoms with Crippen molar-refractivity contribution in [1.82, 2.24) is 0 Å². The largest absolute Gasteiger partial charge is 0.534 e. The molecule has 3 aromatic carbocycles. The summed E-state index contributed by atoms with van der Waals surface area (Å²) in [5, 5.41) is 9.99. The highest BCUT2D eigenvalue weighted by Crippen LogP contribution is 2.43. The molecule has 0 aliphatic heterocycles. The van der Waals surface area contributed by atoms with E-state index in [1.165, 1.54) is 45.4 Å². The SMILES string of the molecule is COc1ccc(COC(C(=O)O)c2c(C)cc3c(OC)cccc3c2OS(=O)(=O)C(F)(F)F)cc1. The highest BCUT2D eigenvalue weighted by Gasteiger charge is 2.49. The number of hydrogen-bond donors (Lipinski definition) is 1. The first-order valence-corrected chi connectivity index (χ1v) is 11.4. The van der Waals surface area contributed by atoms with Gasteiger partial charge >= 0.3 is 21.6 Å². The Hall–Kier alpha value is -3.51. The number of benzene rings is 3. The van der Waals surface area contributed by atoms with E-state index < -0.39 is 33.4 Å². The number of fused-ring (bicyclic) bond motifs is 1. The molecule has 0 heterocycles. The van der Waals surface area contributed by atoms with Crippen LogP contribution in [0.3, 0.4) is 0 Å². The van der Waals surface area contributed by atoms with Crippen molar-refractivity contribution in [2.75, 3.05) is 14.2 Å². The molecule has 0 fully saturated rings. The maximum atomic E-state index is 13.2. The van der Waals surface area contributed by atoms with E-state index in [2.05, 4.69) is 4.18 Å². The molecule has 12 heteroatoms. The van der Waals surface area contributed by atoms with Gasteiger partial charge in [0.1, 0.15) is 11.5 Å². The molecule has 8 nitrogen and oxygen atoms in total. The van der Waals surface area contributed by atoms with E-state index in [0.29, 0.717) is 11.3 Å². The first-order valence-electron chi connectivity index (χ1n) is 9.98. The Morgan fingerprint density at radius 2 is 1.69 bits per heavy atom. The van der Waals surface area contributed by atoms with Crippen molar-refractivity contribution < 1.29 is 49.9 Å². The van der Waals surface area contributed by atoms with Crippen LogP contribution in [-0.4, -0.2) is 39.2 Å². The molecule has 3 aromatic rings. The van der Waals surface area contributed by atoms with Crippen molar-refractivity contribution in [3.05, 3.63) is 65.2 Å². The Morgan fingerprint density at radius 1 is 1.03 bits per heavy atom. The summed E-state index contributed by atoms with van der Waals surface area (Å²) in [7, 11) is -3.34. The number of alkyl halides is 3. The molecule has 1 unspecified atom stereocenters. The lowest BCUT2D eigenvalue weighted by Crippen LogP contribution is -2.29. The van der Waals surface area contributed by atoms with E-state index in [4.69, 9.17) is 14.2 Å². The molecule has 0 aliphatic rings. The molecule has 35 heavy (non-hydrogen) atoms. The number of halogens is 3. The van der Waals surface area contributed by atoms with E-state index in [-0.39, 0.29) is 34.3 Å². The Morgan fingerprint density at radius 3 is 2.23 bits per heavy atom. The summed E-state index contributed by atoms with van der Waals surface area (Å²) >= 11 is 0. The Labute approximate surface area is 198 Å². The summed E-state index contributed by atoms with van der Waals surface area (Å²) in [5.41, 5.74) is -5.46. The van der Waals surface area contributed by atoms with Crippen molar-refractivity contribution in [2.45, 2.75) is 25.1 Å². The van der Waals surface area contributed by atoms with Crippen LogP contribution in [0.2, 0.25) is 0 Å². The molecule has 3 rings (SSSR count). The second-order valence-electron chi connectivity index (χ2n) is 7.35. The Balaban J connectivity index is 2.18. The summed E-state index contributed by atoms with van der Waals surface area (Å²) in [5.74, 6) is -1.59. The van der Waals surface area contributed by atoms with Crippen LogP contribution in [-0.2, 0) is 26.3 Å². The number of methoxy groups -OCH3 is 2. The topological polar surface area (TPSA) is 108 Å². The first kappa shape index (κ1) is 26.1. The van der Waals surface area contributed by atoms with E-state index in [0.717, 1.165) is 0 Å². The van der Waals surface area contributed by atoms with Gasteiger partial charge < -0.3 is 23.5 Å². The number of aliphatic carboxylic acids is 1. The molecular formula is C23H21F3O8S. The zero-order valence-corrected chi connectivity index (χ0v) is 19.6. The van der Waals surface area contributed by atoms with Gasteiger partial charge in [-0.3, -0.25) is 0 Å². The number of aryl methyl sites for hydroxylation is 1. The van der Waals surface area contributed by atoms with Crippen LogP contribution in [0.1, 0.15) is 22.8 Å². The minimum absolute atomic E-state index is 0.0999. The van der Waals surface area contributed by atoms with Gasteiger partial charge in [0.15, 0.2) is 11.9 Å². The maximum Gasteiger partial charge on any atom is 0.534 e. The normalized spacial score (nSPS) is 12.9. The zero-order chi connectivity index (χ0) is 26.0. The maximum absolute atomic E-state index is 13.2. The number of carboxylic acids is 1. The van der Waals surface area contributed by atoms with Gasteiger partial charge in [-0.25, -0.2) is 4.79 Å². The van der Waals surface area contributed by atoms with Gasteiger partial charge in [0.05, 0.1) is 20.8 Å². The second-order valence-corrected chi connectivity index (χ2v) is 8.89. The molecule has 1 N–H and O–H groups in total. The summed E-state index contributed by atoms with van der Waals surface area (Å²) in [4.78, 5) is 12.2. The van der Waals surface area contributed by atoms with Gasteiger partial charge in [0.2, 0.25) is 0 Å². The molecule has 0 amide bonds. The lowest BCUT2D eigenvalue weighted by atomic mass is 9.96. The minimum atomic E-state index is -6.14. The average Bonchev–Trinajstić information content (AvgIpc) is 2.79. The number of carbonyl (C=O) groups is 1. The van der Waals surface area contributed by atoms with Gasteiger partial charge in [-0.15, -0.1) is 0 Å². The van der Waals surface area contributed by atoms with E-state index >= 15 is 0 Å². The molecule has 0 aliphatic carbocycles. The Bertz CT molecular complexity index is 1340. The molecule has 0 saturated carbocycles. The quantitative estimate of drug-likeness (QED) is 0.322. The predicted octanol–water partition coefficient (Wildman–Crippen LogP) is 4.74. The summed E-state index contributed by atoms with van der Waals surface area (Å²) in [6.45, 7) is 1.16. The molecule has 0 spiro atoms. The summed E-state index contributed by atoms with van der Waals surface area (Å²) < 4.78 is 83.8.